The van der Waals surface area contributed by atoms with Crippen molar-refractivity contribution in [1.82, 2.24) is 13.7 Å². The Morgan fingerprint density at radius 3 is 0.612 bits per heavy atom. The molecule has 147 heavy (non-hydrogen) atoms. The van der Waals surface area contributed by atoms with Crippen LogP contribution in [0.1, 0.15) is 242 Å². The first kappa shape index (κ1) is 209. The number of carbonyl (C=O) groups is 1. The van der Waals surface area contributed by atoms with E-state index in [0.29, 0.717) is 5.41 Å². The number of aliphatic hydroxyl groups excluding tert-OH is 5. The van der Waals surface area contributed by atoms with Crippen molar-refractivity contribution in [2.24, 2.45) is 11.3 Å². The summed E-state index contributed by atoms with van der Waals surface area (Å²) in [7, 11) is -58.5. The Kier molecular flexibility index (Phi) is 164. The van der Waals surface area contributed by atoms with Gasteiger partial charge in [-0.05, 0) is 96.8 Å². The molecule has 0 aliphatic carbocycles. The summed E-state index contributed by atoms with van der Waals surface area (Å²) in [5.41, 5.74) is 0.500. The van der Waals surface area contributed by atoms with Gasteiger partial charge in [-0.3, -0.25) is 4.79 Å². The van der Waals surface area contributed by atoms with E-state index in [0.717, 1.165) is 66.5 Å². The van der Waals surface area contributed by atoms with Crippen LogP contribution in [-0.4, -0.2) is 414 Å². The average Bonchev–Trinajstić information content (AvgIpc) is 0.886. The zero-order valence-corrected chi connectivity index (χ0v) is 108. The summed E-state index contributed by atoms with van der Waals surface area (Å²) < 4.78 is 412. The van der Waals surface area contributed by atoms with Gasteiger partial charge in [0, 0.05) is 131 Å². The van der Waals surface area contributed by atoms with Crippen LogP contribution in [0.2, 0.25) is 0 Å². The molecule has 0 aliphatic heterocycles. The molecule has 880 valence electrons. The molecule has 0 bridgehead atoms. The number of carbonyl (C=O) groups excluding carboxylic acids is 1. The first-order valence-electron chi connectivity index (χ1n) is 43.2. The topological polar surface area (TPSA) is 873 Å². The van der Waals surface area contributed by atoms with E-state index in [4.69, 9.17) is 25.5 Å². The SMILES string of the molecule is CC(C)(C)C.CC(C)C.CC(CO)NS(=O)(=O)CCCS(C)(=O)=O.CC(O)CNS(=O)(=O)CCCS(C)(=O)=O.CCC.CCC.CCC.CCC.CCC.CCO.CCO.CN(CCO)S(=O)(=O)CCCS(C)(=O)=O.CS(=O)(=O)CCCC(=O)O[O-].CS(=O)(=O)CCCS(=O)(=O)[O-].CS(=O)(=O)CCCS(=O)(=O)[O-].CS(=O)(=O)CCCS(=O)(=O)[O-].CS(=O)(=O)CCCS(=O)(=O)[O-].CS(=O)(=O)CCCS(=O)(=O)[O-].[Li+].[Li+].[Li+].[Li+].[Li+].[Li+]. The predicted octanol–water partition coefficient (Wildman–Crippen LogP) is -17.6. The number of sulfone groups is 9. The van der Waals surface area contributed by atoms with Crippen LogP contribution >= 0.6 is 0 Å². The van der Waals surface area contributed by atoms with Gasteiger partial charge in [0.05, 0.1) is 139 Å². The number of rotatable bonds is 45. The Morgan fingerprint density at radius 1 is 0.313 bits per heavy atom. The summed E-state index contributed by atoms with van der Waals surface area (Å²) in [4.78, 5) is 13.2. The maximum Gasteiger partial charge on any atom is 1.00 e. The summed E-state index contributed by atoms with van der Waals surface area (Å²) in [6.45, 7) is 42.8. The van der Waals surface area contributed by atoms with Crippen LogP contribution in [0.4, 0.5) is 0 Å². The molecule has 73 heteroatoms. The molecule has 0 fully saturated rings. The fourth-order valence-electron chi connectivity index (χ4n) is 5.69. The van der Waals surface area contributed by atoms with Gasteiger partial charge in [0.15, 0.2) is 0 Å². The monoisotopic (exact) mass is 2450 g/mol. The van der Waals surface area contributed by atoms with E-state index in [9.17, 15) is 176 Å². The molecule has 0 rings (SSSR count). The Bertz CT molecular complexity index is 4540. The zero-order chi connectivity index (χ0) is 118. The third-order valence-electron chi connectivity index (χ3n) is 10.5. The van der Waals surface area contributed by atoms with E-state index < -0.39 is 216 Å². The van der Waals surface area contributed by atoms with Crippen molar-refractivity contribution in [1.29, 1.82) is 0 Å². The summed E-state index contributed by atoms with van der Waals surface area (Å²) in [5, 5.41) is 50.6. The van der Waals surface area contributed by atoms with Crippen LogP contribution in [-0.2, 0) is 179 Å². The number of nitrogens with zero attached hydrogens (tertiary/aromatic N) is 1. The number of nitrogens with one attached hydrogen (secondary N) is 2. The van der Waals surface area contributed by atoms with Crippen LogP contribution in [0.25, 0.3) is 0 Å². The van der Waals surface area contributed by atoms with Gasteiger partial charge in [-0.2, -0.15) is 0 Å². The van der Waals surface area contributed by atoms with E-state index in [1.165, 1.54) is 53.0 Å². The van der Waals surface area contributed by atoms with Gasteiger partial charge in [-0.15, -0.1) is 0 Å². The van der Waals surface area contributed by atoms with Crippen LogP contribution in [0.15, 0.2) is 0 Å². The van der Waals surface area contributed by atoms with Crippen molar-refractivity contribution in [3.63, 3.8) is 0 Å². The van der Waals surface area contributed by atoms with Gasteiger partial charge in [0.25, 0.3) is 5.97 Å². The number of sulfonamides is 3. The molecular formula is C74H179Li6N3O47S17. The third-order valence-corrected chi connectivity index (χ3v) is 28.6. The van der Waals surface area contributed by atoms with Gasteiger partial charge in [-0.1, -0.05) is 150 Å². The quantitative estimate of drug-likeness (QED) is 0.0129. The molecule has 7 N–H and O–H groups in total. The molecule has 2 atom stereocenters. The number of likely N-dealkylation sites (N-methyl/N-ethyl adjacent to an activating group) is 1. The smallest absolute Gasteiger partial charge is 0.748 e. The molecular weight excluding hydrogens is 2270 g/mol. The fourth-order valence-corrected chi connectivity index (χ4v) is 19.3. The minimum Gasteiger partial charge on any atom is -0.748 e. The van der Waals surface area contributed by atoms with E-state index in [2.05, 4.69) is 132 Å². The molecule has 0 aromatic heterocycles. The van der Waals surface area contributed by atoms with Crippen molar-refractivity contribution in [3.8, 4) is 0 Å². The number of hydrogen-bond donors (Lipinski definition) is 7. The van der Waals surface area contributed by atoms with Crippen molar-refractivity contribution in [2.45, 2.75) is 254 Å². The number of aliphatic hydroxyl groups is 5. The third kappa shape index (κ3) is 335. The molecule has 0 heterocycles. The Hall–Kier alpha value is 1.64. The largest absolute Gasteiger partial charge is 1.00 e. The van der Waals surface area contributed by atoms with E-state index in [-0.39, 0.29) is 286 Å². The summed E-state index contributed by atoms with van der Waals surface area (Å²) in [6.07, 6.45) is 14.3. The number of hydrogen-bond acceptors (Lipinski definition) is 47. The van der Waals surface area contributed by atoms with Gasteiger partial charge >= 0.3 is 113 Å². The second kappa shape index (κ2) is 116. The van der Waals surface area contributed by atoms with Crippen LogP contribution in [0.3, 0.4) is 0 Å². The Balaban J connectivity index is -0.0000000506. The molecule has 0 spiro atoms. The predicted molar refractivity (Wildman–Crippen MR) is 554 cm³/mol. The normalized spacial score (nSPS) is 11.8. The first-order chi connectivity index (χ1) is 62.1. The molecule has 50 nitrogen and oxygen atoms in total. The van der Waals surface area contributed by atoms with E-state index >= 15 is 0 Å². The fraction of sp³-hybridized carbons (Fsp3) is 0.986. The van der Waals surface area contributed by atoms with Gasteiger partial charge in [0.1, 0.15) is 88.5 Å². The Labute approximate surface area is 963 Å². The second-order valence-corrected chi connectivity index (χ2v) is 66.6. The minimum atomic E-state index is -4.26. The summed E-state index contributed by atoms with van der Waals surface area (Å²) in [6, 6.07) is -0.548. The molecule has 0 saturated carbocycles. The van der Waals surface area contributed by atoms with Gasteiger partial charge in [-0.25, -0.2) is 157 Å². The van der Waals surface area contributed by atoms with Crippen molar-refractivity contribution in [3.05, 3.63) is 0 Å². The summed E-state index contributed by atoms with van der Waals surface area (Å²) in [5.74, 6) is -5.66. The summed E-state index contributed by atoms with van der Waals surface area (Å²) >= 11 is 0. The van der Waals surface area contributed by atoms with Gasteiger partial charge < -0.3 is 58.4 Å². The van der Waals surface area contributed by atoms with Crippen molar-refractivity contribution in [2.75, 3.05) is 201 Å². The van der Waals surface area contributed by atoms with Crippen LogP contribution in [0, 0.1) is 11.3 Å². The van der Waals surface area contributed by atoms with Crippen molar-refractivity contribution < 1.29 is 320 Å². The minimum absolute atomic E-state index is 0. The van der Waals surface area contributed by atoms with E-state index in [1.807, 2.05) is 0 Å². The molecule has 0 amide bonds. The molecule has 0 aromatic carbocycles. The van der Waals surface area contributed by atoms with Crippen LogP contribution in [0.5, 0.6) is 0 Å². The second-order valence-electron chi connectivity index (χ2n) is 32.7. The maximum absolute atomic E-state index is 11.4. The average molecular weight is 2450 g/mol. The zero-order valence-electron chi connectivity index (χ0n) is 94.4. The standard InChI is InChI=1S/3C7H17NO5S2.C5H10O5S.C5H12.5C4H10O5S2.C4H10.5C3H8.2C2H6O.6Li/c1-8(4-5-9)15(12,13)7-3-6-14(2,10)11;1-7(6-9)8-15(12,13)5-3-4-14(2,10)11;1-7(9)6-8-15(12,13)5-3-4-14(2,10)11;1-11(8,9)4-2-3-5(6)10-7;1-5(2,3)4;5*1-10(5,6)3-2-4-11(7,8)9;1-4(2)3;5*1-3-2;2*1-2-3;;;;;;/h9H,3-7H2,1-2H3;2*7-9H,3-6H2,1-2H3;7H,2-4H2,1H3;1-4H3;5*2-4H2,1H3,(H,7,8,9);4H,1-3H3;5*3H2,1-2H3;2*3H,2H2,1H3;;;;;;/q;;;;;;;;;;;;;;;;;;6*+1/p-6. The first-order valence-corrected chi connectivity index (χ1v) is 74.6. The Morgan fingerprint density at radius 2 is 0.469 bits per heavy atom. The molecule has 0 radical (unpaired) electrons. The maximum atomic E-state index is 11.4. The molecule has 2 unspecified atom stereocenters. The van der Waals surface area contributed by atoms with Crippen molar-refractivity contribution >= 4 is 175 Å². The molecule has 0 aromatic rings. The van der Waals surface area contributed by atoms with E-state index in [1.54, 1.807) is 13.8 Å². The van der Waals surface area contributed by atoms with Gasteiger partial charge in [0.2, 0.25) is 30.1 Å². The van der Waals surface area contributed by atoms with Crippen LogP contribution < -0.4 is 128 Å². The molecule has 0 aliphatic rings. The molecule has 0 saturated heterocycles.